The highest BCUT2D eigenvalue weighted by atomic mass is 127. The highest BCUT2D eigenvalue weighted by Crippen LogP contribution is 2.06. The van der Waals surface area contributed by atoms with Crippen LogP contribution in [0.2, 0.25) is 0 Å². The molecule has 1 heterocycles. The second kappa shape index (κ2) is 3.03. The highest BCUT2D eigenvalue weighted by Gasteiger charge is 1.99. The molecule has 0 radical (unpaired) electrons. The Morgan fingerprint density at radius 1 is 1.50 bits per heavy atom. The van der Waals surface area contributed by atoms with E-state index in [1.54, 1.807) is 0 Å². The van der Waals surface area contributed by atoms with E-state index >= 15 is 0 Å². The molecule has 0 spiro atoms. The van der Waals surface area contributed by atoms with E-state index in [0.717, 1.165) is 7.27 Å². The molecule has 6 heteroatoms. The Labute approximate surface area is 84.4 Å². The van der Waals surface area contributed by atoms with Crippen LogP contribution in [0.3, 0.4) is 0 Å². The van der Waals surface area contributed by atoms with Crippen molar-refractivity contribution < 1.29 is 0 Å². The SMILES string of the molecule is N=c1[nH]c(N)nc(I)c1I. The largest absolute Gasteiger partial charge is 0.369 e. The molecular weight excluding hydrogens is 358 g/mol. The van der Waals surface area contributed by atoms with E-state index in [9.17, 15) is 0 Å². The molecule has 0 saturated carbocycles. The molecule has 0 amide bonds. The van der Waals surface area contributed by atoms with E-state index in [1.807, 2.05) is 45.2 Å². The fraction of sp³-hybridized carbons (Fsp3) is 0. The van der Waals surface area contributed by atoms with Crippen molar-refractivity contribution in [2.75, 3.05) is 5.73 Å². The topological polar surface area (TPSA) is 78.5 Å². The van der Waals surface area contributed by atoms with Crippen LogP contribution in [0, 0.1) is 12.7 Å². The minimum atomic E-state index is 0.287. The average molecular weight is 362 g/mol. The van der Waals surface area contributed by atoms with Crippen LogP contribution in [0.5, 0.6) is 0 Å². The number of rotatable bonds is 0. The van der Waals surface area contributed by atoms with Gasteiger partial charge in [-0.3, -0.25) is 5.41 Å². The lowest BCUT2D eigenvalue weighted by Crippen LogP contribution is -2.16. The van der Waals surface area contributed by atoms with Crippen LogP contribution in [0.25, 0.3) is 0 Å². The van der Waals surface area contributed by atoms with Crippen LogP contribution >= 0.6 is 45.2 Å². The molecule has 0 aliphatic rings. The summed E-state index contributed by atoms with van der Waals surface area (Å²) in [6, 6.07) is 0. The van der Waals surface area contributed by atoms with E-state index < -0.39 is 0 Å². The van der Waals surface area contributed by atoms with E-state index in [2.05, 4.69) is 9.97 Å². The second-order valence-corrected chi connectivity index (χ2v) is 3.70. The molecule has 0 unspecified atom stereocenters. The number of hydrogen-bond acceptors (Lipinski definition) is 3. The third-order valence-corrected chi connectivity index (χ3v) is 3.74. The molecule has 0 aliphatic heterocycles. The van der Waals surface area contributed by atoms with Gasteiger partial charge in [0.15, 0.2) is 5.95 Å². The van der Waals surface area contributed by atoms with Crippen molar-refractivity contribution in [3.8, 4) is 0 Å². The van der Waals surface area contributed by atoms with Crippen LogP contribution in [-0.2, 0) is 0 Å². The van der Waals surface area contributed by atoms with Gasteiger partial charge in [0.05, 0.1) is 3.57 Å². The molecule has 1 aromatic rings. The minimum absolute atomic E-state index is 0.287. The van der Waals surface area contributed by atoms with Crippen LogP contribution in [0.15, 0.2) is 0 Å². The number of H-pyrrole nitrogens is 1. The Bertz CT molecular complexity index is 305. The van der Waals surface area contributed by atoms with Gasteiger partial charge < -0.3 is 10.7 Å². The smallest absolute Gasteiger partial charge is 0.200 e. The lowest BCUT2D eigenvalue weighted by molar-refractivity contribution is 1.01. The zero-order valence-electron chi connectivity index (χ0n) is 4.78. The van der Waals surface area contributed by atoms with Crippen molar-refractivity contribution in [1.82, 2.24) is 9.97 Å². The number of aromatic amines is 1. The minimum Gasteiger partial charge on any atom is -0.369 e. The summed E-state index contributed by atoms with van der Waals surface area (Å²) < 4.78 is 1.56. The first-order chi connectivity index (χ1) is 4.61. The van der Waals surface area contributed by atoms with Gasteiger partial charge in [-0.2, -0.15) is 0 Å². The van der Waals surface area contributed by atoms with E-state index in [0.29, 0.717) is 5.49 Å². The quantitative estimate of drug-likeness (QED) is 0.469. The molecular formula is C4H4I2N4. The number of nitrogen functional groups attached to an aromatic ring is 1. The molecule has 0 bridgehead atoms. The molecule has 1 aromatic heterocycles. The number of nitrogens with zero attached hydrogens (tertiary/aromatic N) is 1. The molecule has 0 atom stereocenters. The van der Waals surface area contributed by atoms with Gasteiger partial charge in [-0.25, -0.2) is 4.98 Å². The third-order valence-electron chi connectivity index (χ3n) is 0.872. The van der Waals surface area contributed by atoms with Crippen molar-refractivity contribution in [3.05, 3.63) is 12.8 Å². The molecule has 10 heavy (non-hydrogen) atoms. The summed E-state index contributed by atoms with van der Waals surface area (Å²) in [6.07, 6.45) is 0. The lowest BCUT2D eigenvalue weighted by Gasteiger charge is -1.96. The van der Waals surface area contributed by atoms with Crippen LogP contribution in [0.4, 0.5) is 5.95 Å². The summed E-state index contributed by atoms with van der Waals surface area (Å²) in [5, 5.41) is 7.31. The van der Waals surface area contributed by atoms with Crippen molar-refractivity contribution in [3.63, 3.8) is 0 Å². The monoisotopic (exact) mass is 362 g/mol. The number of nitrogens with one attached hydrogen (secondary N) is 2. The van der Waals surface area contributed by atoms with Gasteiger partial charge in [0.2, 0.25) is 0 Å². The summed E-state index contributed by atoms with van der Waals surface area (Å²) in [6.45, 7) is 0. The highest BCUT2D eigenvalue weighted by molar-refractivity contribution is 14.1. The first kappa shape index (κ1) is 8.24. The predicted molar refractivity (Wildman–Crippen MR) is 54.3 cm³/mol. The van der Waals surface area contributed by atoms with E-state index in [-0.39, 0.29) is 5.95 Å². The summed E-state index contributed by atoms with van der Waals surface area (Å²) in [7, 11) is 0. The molecule has 54 valence electrons. The van der Waals surface area contributed by atoms with Crippen molar-refractivity contribution in [1.29, 1.82) is 5.41 Å². The number of nitrogens with two attached hydrogens (primary N) is 1. The lowest BCUT2D eigenvalue weighted by atomic mass is 10.6. The first-order valence-corrected chi connectivity index (χ1v) is 4.52. The summed E-state index contributed by atoms with van der Waals surface area (Å²) in [5.41, 5.74) is 5.65. The average Bonchev–Trinajstić information content (AvgIpc) is 1.82. The Hall–Kier alpha value is 0.140. The fourth-order valence-corrected chi connectivity index (χ4v) is 1.25. The standard InChI is InChI=1S/C4H4I2N4/c5-1-2(6)9-4(8)10-3(1)7/h(H4,7,8,9,10). The summed E-state index contributed by atoms with van der Waals surface area (Å²) >= 11 is 4.08. The van der Waals surface area contributed by atoms with Gasteiger partial charge in [-0.15, -0.1) is 0 Å². The first-order valence-electron chi connectivity index (χ1n) is 2.36. The maximum absolute atomic E-state index is 7.31. The number of aromatic nitrogens is 2. The van der Waals surface area contributed by atoms with Gasteiger partial charge >= 0.3 is 0 Å². The zero-order chi connectivity index (χ0) is 7.72. The van der Waals surface area contributed by atoms with Crippen molar-refractivity contribution in [2.45, 2.75) is 0 Å². The Kier molecular flexibility index (Phi) is 2.50. The fourth-order valence-electron chi connectivity index (χ4n) is 0.469. The van der Waals surface area contributed by atoms with Crippen LogP contribution in [0.1, 0.15) is 0 Å². The molecule has 1 rings (SSSR count). The maximum Gasteiger partial charge on any atom is 0.200 e. The molecule has 4 N–H and O–H groups in total. The Morgan fingerprint density at radius 2 is 2.10 bits per heavy atom. The Balaban J connectivity index is 3.46. The van der Waals surface area contributed by atoms with Gasteiger partial charge in [0.1, 0.15) is 9.19 Å². The van der Waals surface area contributed by atoms with Crippen LogP contribution < -0.4 is 11.2 Å². The Morgan fingerprint density at radius 3 is 2.60 bits per heavy atom. The normalized spacial score (nSPS) is 9.80. The predicted octanol–water partition coefficient (Wildman–Crippen LogP) is 0.681. The van der Waals surface area contributed by atoms with Crippen molar-refractivity contribution in [2.24, 2.45) is 0 Å². The van der Waals surface area contributed by atoms with Gasteiger partial charge in [0.25, 0.3) is 0 Å². The number of anilines is 1. The van der Waals surface area contributed by atoms with Crippen LogP contribution in [-0.4, -0.2) is 9.97 Å². The molecule has 0 aromatic carbocycles. The number of halogens is 2. The molecule has 0 saturated heterocycles. The number of hydrogen-bond donors (Lipinski definition) is 3. The summed E-state index contributed by atoms with van der Waals surface area (Å²) in [5.74, 6) is 0.287. The second-order valence-electron chi connectivity index (χ2n) is 1.60. The third kappa shape index (κ3) is 1.59. The zero-order valence-corrected chi connectivity index (χ0v) is 9.10. The molecule has 0 fully saturated rings. The van der Waals surface area contributed by atoms with Gasteiger partial charge in [0, 0.05) is 0 Å². The molecule has 4 nitrogen and oxygen atoms in total. The van der Waals surface area contributed by atoms with Gasteiger partial charge in [-0.1, -0.05) is 0 Å². The maximum atomic E-state index is 7.31. The van der Waals surface area contributed by atoms with Gasteiger partial charge in [-0.05, 0) is 45.2 Å². The van der Waals surface area contributed by atoms with E-state index in [4.69, 9.17) is 11.1 Å². The summed E-state index contributed by atoms with van der Waals surface area (Å²) in [4.78, 5) is 6.52. The van der Waals surface area contributed by atoms with Crippen molar-refractivity contribution >= 4 is 51.1 Å². The molecule has 0 aliphatic carbocycles. The van der Waals surface area contributed by atoms with E-state index in [1.165, 1.54) is 0 Å².